The largest absolute Gasteiger partial charge is 0.359 e. The first-order valence-corrected chi connectivity index (χ1v) is 5.30. The van der Waals surface area contributed by atoms with Crippen LogP contribution in [0, 0.1) is 0 Å². The van der Waals surface area contributed by atoms with Gasteiger partial charge in [0.15, 0.2) is 0 Å². The molecule has 1 rings (SSSR count). The fourth-order valence-corrected chi connectivity index (χ4v) is 1.17. The van der Waals surface area contributed by atoms with Gasteiger partial charge in [0.25, 0.3) is 0 Å². The summed E-state index contributed by atoms with van der Waals surface area (Å²) in [5, 5.41) is 5.53. The maximum absolute atomic E-state index is 11.0. The van der Waals surface area contributed by atoms with Crippen molar-refractivity contribution in [1.29, 1.82) is 0 Å². The second kappa shape index (κ2) is 7.24. The molecule has 1 amide bonds. The molecule has 0 radical (unpaired) electrons. The van der Waals surface area contributed by atoms with Crippen molar-refractivity contribution >= 4 is 17.6 Å². The Morgan fingerprint density at radius 1 is 1.35 bits per heavy atom. The Balaban J connectivity index is 2.48. The van der Waals surface area contributed by atoms with Crippen molar-refractivity contribution in [1.82, 2.24) is 10.7 Å². The van der Waals surface area contributed by atoms with Gasteiger partial charge in [-0.25, -0.2) is 5.84 Å². The van der Waals surface area contributed by atoms with E-state index in [0.29, 0.717) is 18.9 Å². The quantitative estimate of drug-likeness (QED) is 0.257. The van der Waals surface area contributed by atoms with E-state index in [1.807, 2.05) is 30.3 Å². The van der Waals surface area contributed by atoms with E-state index in [1.54, 1.807) is 7.05 Å². The van der Waals surface area contributed by atoms with Gasteiger partial charge in [-0.15, -0.1) is 0 Å². The van der Waals surface area contributed by atoms with Crippen molar-refractivity contribution in [3.05, 3.63) is 30.3 Å². The number of para-hydroxylation sites is 1. The molecular weight excluding hydrogens is 218 g/mol. The molecule has 0 bridgehead atoms. The number of nitrogens with two attached hydrogens (primary N) is 1. The standard InChI is InChI=1S/C11H17N5O/c1-13-10(17)7-8-14-11(16-12)15-9-5-3-2-4-6-9/h2-6H,7-8,12H2,1H3,(H,13,17)(H2,14,15,16). The fourth-order valence-electron chi connectivity index (χ4n) is 1.17. The first kappa shape index (κ1) is 13.0. The van der Waals surface area contributed by atoms with Crippen molar-refractivity contribution in [2.24, 2.45) is 10.8 Å². The Morgan fingerprint density at radius 3 is 2.65 bits per heavy atom. The second-order valence-electron chi connectivity index (χ2n) is 3.29. The van der Waals surface area contributed by atoms with Crippen LogP contribution in [0.2, 0.25) is 0 Å². The van der Waals surface area contributed by atoms with E-state index in [4.69, 9.17) is 5.84 Å². The molecule has 0 aliphatic rings. The highest BCUT2D eigenvalue weighted by Gasteiger charge is 1.99. The molecule has 0 fully saturated rings. The number of hydrogen-bond donors (Lipinski definition) is 4. The lowest BCUT2D eigenvalue weighted by Crippen LogP contribution is -2.36. The summed E-state index contributed by atoms with van der Waals surface area (Å²) in [5.74, 6) is 5.71. The van der Waals surface area contributed by atoms with Crippen LogP contribution in [0.4, 0.5) is 5.69 Å². The van der Waals surface area contributed by atoms with E-state index >= 15 is 0 Å². The molecular formula is C11H17N5O. The minimum absolute atomic E-state index is 0.0511. The zero-order valence-corrected chi connectivity index (χ0v) is 9.73. The van der Waals surface area contributed by atoms with Crippen LogP contribution in [0.1, 0.15) is 6.42 Å². The zero-order valence-electron chi connectivity index (χ0n) is 9.73. The lowest BCUT2D eigenvalue weighted by molar-refractivity contribution is -0.120. The molecule has 6 nitrogen and oxygen atoms in total. The SMILES string of the molecule is CNC(=O)CCN=C(NN)Nc1ccccc1. The number of aliphatic imine (C=N–C) groups is 1. The number of rotatable bonds is 4. The molecule has 92 valence electrons. The molecule has 0 aromatic heterocycles. The molecule has 0 aliphatic carbocycles. The molecule has 0 aliphatic heterocycles. The molecule has 17 heavy (non-hydrogen) atoms. The predicted octanol–water partition coefficient (Wildman–Crippen LogP) is 0.0539. The van der Waals surface area contributed by atoms with Crippen LogP contribution in [0.25, 0.3) is 0 Å². The molecule has 0 saturated heterocycles. The van der Waals surface area contributed by atoms with Gasteiger partial charge in [-0.05, 0) is 12.1 Å². The van der Waals surface area contributed by atoms with E-state index in [9.17, 15) is 4.79 Å². The maximum atomic E-state index is 11.0. The number of hydrogen-bond acceptors (Lipinski definition) is 3. The van der Waals surface area contributed by atoms with Gasteiger partial charge in [-0.3, -0.25) is 15.2 Å². The van der Waals surface area contributed by atoms with Gasteiger partial charge in [-0.1, -0.05) is 18.2 Å². The number of benzene rings is 1. The number of guanidine groups is 1. The number of carbonyl (C=O) groups excluding carboxylic acids is 1. The van der Waals surface area contributed by atoms with Crippen molar-refractivity contribution in [3.8, 4) is 0 Å². The van der Waals surface area contributed by atoms with Crippen LogP contribution in [-0.2, 0) is 4.79 Å². The van der Waals surface area contributed by atoms with Crippen molar-refractivity contribution in [3.63, 3.8) is 0 Å². The minimum Gasteiger partial charge on any atom is -0.359 e. The van der Waals surface area contributed by atoms with Crippen molar-refractivity contribution in [2.45, 2.75) is 6.42 Å². The van der Waals surface area contributed by atoms with Crippen LogP contribution in [0.15, 0.2) is 35.3 Å². The summed E-state index contributed by atoms with van der Waals surface area (Å²) in [6, 6.07) is 9.52. The third-order valence-electron chi connectivity index (χ3n) is 2.06. The van der Waals surface area contributed by atoms with Gasteiger partial charge in [0.2, 0.25) is 11.9 Å². The van der Waals surface area contributed by atoms with Gasteiger partial charge < -0.3 is 10.6 Å². The van der Waals surface area contributed by atoms with Crippen LogP contribution < -0.4 is 21.9 Å². The Morgan fingerprint density at radius 2 is 2.06 bits per heavy atom. The highest BCUT2D eigenvalue weighted by atomic mass is 16.1. The number of amides is 1. The van der Waals surface area contributed by atoms with E-state index in [1.165, 1.54) is 0 Å². The van der Waals surface area contributed by atoms with Gasteiger partial charge in [0, 0.05) is 19.2 Å². The van der Waals surface area contributed by atoms with E-state index in [2.05, 4.69) is 21.1 Å². The zero-order chi connectivity index (χ0) is 12.5. The molecule has 1 aromatic rings. The second-order valence-corrected chi connectivity index (χ2v) is 3.29. The van der Waals surface area contributed by atoms with Crippen LogP contribution in [-0.4, -0.2) is 25.5 Å². The van der Waals surface area contributed by atoms with Crippen LogP contribution >= 0.6 is 0 Å². The van der Waals surface area contributed by atoms with Gasteiger partial charge >= 0.3 is 0 Å². The van der Waals surface area contributed by atoms with Gasteiger partial charge in [0.1, 0.15) is 0 Å². The van der Waals surface area contributed by atoms with Crippen LogP contribution in [0.3, 0.4) is 0 Å². The lowest BCUT2D eigenvalue weighted by atomic mass is 10.3. The molecule has 6 heteroatoms. The number of hydrazine groups is 1. The summed E-state index contributed by atoms with van der Waals surface area (Å²) in [6.45, 7) is 0.374. The first-order valence-electron chi connectivity index (χ1n) is 5.30. The Kier molecular flexibility index (Phi) is 5.53. The summed E-state index contributed by atoms with van der Waals surface area (Å²) in [6.07, 6.45) is 0.331. The molecule has 0 spiro atoms. The van der Waals surface area contributed by atoms with E-state index in [-0.39, 0.29) is 5.91 Å². The van der Waals surface area contributed by atoms with Crippen LogP contribution in [0.5, 0.6) is 0 Å². The molecule has 0 atom stereocenters. The molecule has 5 N–H and O–H groups in total. The average molecular weight is 235 g/mol. The summed E-state index contributed by atoms with van der Waals surface area (Å²) < 4.78 is 0. The average Bonchev–Trinajstić information content (AvgIpc) is 2.38. The summed E-state index contributed by atoms with van der Waals surface area (Å²) >= 11 is 0. The predicted molar refractivity (Wildman–Crippen MR) is 68.4 cm³/mol. The van der Waals surface area contributed by atoms with Crippen molar-refractivity contribution in [2.75, 3.05) is 18.9 Å². The summed E-state index contributed by atoms with van der Waals surface area (Å²) in [7, 11) is 1.59. The summed E-state index contributed by atoms with van der Waals surface area (Å²) in [5.41, 5.74) is 3.33. The monoisotopic (exact) mass is 235 g/mol. The molecule has 1 aromatic carbocycles. The molecule has 0 saturated carbocycles. The normalized spacial score (nSPS) is 10.8. The minimum atomic E-state index is -0.0511. The molecule has 0 unspecified atom stereocenters. The Bertz CT molecular complexity index is 377. The Hall–Kier alpha value is -2.08. The smallest absolute Gasteiger partial charge is 0.221 e. The van der Waals surface area contributed by atoms with Crippen molar-refractivity contribution < 1.29 is 4.79 Å². The first-order chi connectivity index (χ1) is 8.26. The van der Waals surface area contributed by atoms with E-state index < -0.39 is 0 Å². The summed E-state index contributed by atoms with van der Waals surface area (Å²) in [4.78, 5) is 15.1. The number of nitrogens with one attached hydrogen (secondary N) is 3. The third-order valence-corrected chi connectivity index (χ3v) is 2.06. The number of nitrogens with zero attached hydrogens (tertiary/aromatic N) is 1. The van der Waals surface area contributed by atoms with Gasteiger partial charge in [-0.2, -0.15) is 0 Å². The van der Waals surface area contributed by atoms with E-state index in [0.717, 1.165) is 5.69 Å². The molecule has 0 heterocycles. The number of carbonyl (C=O) groups is 1. The highest BCUT2D eigenvalue weighted by Crippen LogP contribution is 2.04. The topological polar surface area (TPSA) is 91.5 Å². The fraction of sp³-hybridized carbons (Fsp3) is 0.273. The lowest BCUT2D eigenvalue weighted by Gasteiger charge is -2.08. The highest BCUT2D eigenvalue weighted by molar-refractivity contribution is 5.93. The maximum Gasteiger partial charge on any atom is 0.221 e. The third kappa shape index (κ3) is 4.98. The number of anilines is 1. The van der Waals surface area contributed by atoms with Gasteiger partial charge in [0.05, 0.1) is 6.54 Å². The Labute approximate surface area is 100 Å².